The molecule has 2 aromatic carbocycles. The zero-order chi connectivity index (χ0) is 13.1. The summed E-state index contributed by atoms with van der Waals surface area (Å²) in [4.78, 5) is 0. The zero-order valence-electron chi connectivity index (χ0n) is 11.2. The molecule has 2 heteroatoms. The summed E-state index contributed by atoms with van der Waals surface area (Å²) in [5.41, 5.74) is 9.43. The lowest BCUT2D eigenvalue weighted by Crippen LogP contribution is -2.13. The smallest absolute Gasteiger partial charge is 0.0682 e. The van der Waals surface area contributed by atoms with Crippen LogP contribution in [0.1, 0.15) is 29.5 Å². The molecule has 0 saturated carbocycles. The van der Waals surface area contributed by atoms with Crippen molar-refractivity contribution in [2.45, 2.75) is 26.2 Å². The van der Waals surface area contributed by atoms with E-state index in [9.17, 15) is 0 Å². The van der Waals surface area contributed by atoms with Crippen LogP contribution in [0.2, 0.25) is 0 Å². The van der Waals surface area contributed by atoms with Crippen molar-refractivity contribution in [1.29, 1.82) is 0 Å². The Morgan fingerprint density at radius 3 is 2.68 bits per heavy atom. The van der Waals surface area contributed by atoms with E-state index in [4.69, 9.17) is 0 Å². The molecular formula is C17H18N2. The summed E-state index contributed by atoms with van der Waals surface area (Å²) in [5, 5.41) is 4.59. The average Bonchev–Trinajstić information content (AvgIpc) is 2.45. The highest BCUT2D eigenvalue weighted by Gasteiger charge is 2.15. The Bertz CT molecular complexity index is 600. The molecule has 3 rings (SSSR count). The molecule has 0 amide bonds. The molecule has 1 aliphatic rings. The molecule has 0 spiro atoms. The van der Waals surface area contributed by atoms with Crippen LogP contribution in [0, 0.1) is 6.92 Å². The topological polar surface area (TPSA) is 24.4 Å². The molecule has 2 nitrogen and oxygen atoms in total. The first-order chi connectivity index (χ1) is 9.33. The Morgan fingerprint density at radius 1 is 1.00 bits per heavy atom. The third-order valence-electron chi connectivity index (χ3n) is 3.53. The third kappa shape index (κ3) is 2.68. The fourth-order valence-corrected chi connectivity index (χ4v) is 2.55. The molecule has 1 N–H and O–H groups in total. The van der Waals surface area contributed by atoms with Crippen LogP contribution in [-0.2, 0) is 6.42 Å². The Kier molecular flexibility index (Phi) is 3.32. The quantitative estimate of drug-likeness (QED) is 0.796. The maximum atomic E-state index is 4.59. The highest BCUT2D eigenvalue weighted by atomic mass is 15.3. The highest BCUT2D eigenvalue weighted by Crippen LogP contribution is 2.23. The van der Waals surface area contributed by atoms with E-state index in [1.807, 2.05) is 30.3 Å². The lowest BCUT2D eigenvalue weighted by atomic mass is 9.89. The van der Waals surface area contributed by atoms with Crippen LogP contribution in [0.4, 0.5) is 5.69 Å². The van der Waals surface area contributed by atoms with Crippen LogP contribution in [0.15, 0.2) is 53.6 Å². The van der Waals surface area contributed by atoms with Gasteiger partial charge in [-0.05, 0) is 43.9 Å². The van der Waals surface area contributed by atoms with Gasteiger partial charge in [-0.3, -0.25) is 5.43 Å². The minimum atomic E-state index is 1.04. The first-order valence-electron chi connectivity index (χ1n) is 6.80. The number of nitrogens with zero attached hydrogens (tertiary/aromatic N) is 1. The molecule has 0 atom stereocenters. The molecule has 2 aromatic rings. The second-order valence-electron chi connectivity index (χ2n) is 5.05. The first-order valence-corrected chi connectivity index (χ1v) is 6.80. The second kappa shape index (κ2) is 5.27. The lowest BCUT2D eigenvalue weighted by molar-refractivity contribution is 0.836. The van der Waals surface area contributed by atoms with Gasteiger partial charge in [-0.1, -0.05) is 42.0 Å². The lowest BCUT2D eigenvalue weighted by Gasteiger charge is -2.18. The van der Waals surface area contributed by atoms with E-state index in [-0.39, 0.29) is 0 Å². The number of benzene rings is 2. The van der Waals surface area contributed by atoms with Crippen molar-refractivity contribution >= 4 is 11.4 Å². The number of fused-ring (bicyclic) bond motifs is 1. The van der Waals surface area contributed by atoms with Crippen molar-refractivity contribution in [3.8, 4) is 0 Å². The average molecular weight is 250 g/mol. The summed E-state index contributed by atoms with van der Waals surface area (Å²) in [6.45, 7) is 2.15. The molecule has 0 bridgehead atoms. The van der Waals surface area contributed by atoms with Gasteiger partial charge in [-0.2, -0.15) is 5.10 Å². The van der Waals surface area contributed by atoms with E-state index in [0.29, 0.717) is 0 Å². The van der Waals surface area contributed by atoms with E-state index >= 15 is 0 Å². The fraction of sp³-hybridized carbons (Fsp3) is 0.235. The molecule has 0 fully saturated rings. The minimum absolute atomic E-state index is 1.04. The van der Waals surface area contributed by atoms with Gasteiger partial charge in [-0.25, -0.2) is 0 Å². The van der Waals surface area contributed by atoms with Crippen molar-refractivity contribution in [1.82, 2.24) is 0 Å². The number of hydrogen-bond donors (Lipinski definition) is 1. The molecule has 0 saturated heterocycles. The van der Waals surface area contributed by atoms with Gasteiger partial charge in [0.05, 0.1) is 11.4 Å². The Morgan fingerprint density at radius 2 is 1.84 bits per heavy atom. The van der Waals surface area contributed by atoms with Gasteiger partial charge < -0.3 is 0 Å². The van der Waals surface area contributed by atoms with Gasteiger partial charge in [0.25, 0.3) is 0 Å². The van der Waals surface area contributed by atoms with Gasteiger partial charge >= 0.3 is 0 Å². The first kappa shape index (κ1) is 12.0. The maximum absolute atomic E-state index is 4.59. The van der Waals surface area contributed by atoms with Crippen molar-refractivity contribution < 1.29 is 0 Å². The summed E-state index contributed by atoms with van der Waals surface area (Å²) < 4.78 is 0. The van der Waals surface area contributed by atoms with E-state index < -0.39 is 0 Å². The fourth-order valence-electron chi connectivity index (χ4n) is 2.55. The number of para-hydroxylation sites is 1. The molecular weight excluding hydrogens is 232 g/mol. The standard InChI is InChI=1S/C17H18N2/c1-13-10-11-16-14(12-13)6-5-9-17(16)19-18-15-7-3-2-4-8-15/h2-4,7-8,10-12,18H,5-6,9H2,1H3/b19-17+. The van der Waals surface area contributed by atoms with Crippen LogP contribution in [0.3, 0.4) is 0 Å². The number of aryl methyl sites for hydroxylation is 2. The molecule has 1 aliphatic carbocycles. The van der Waals surface area contributed by atoms with E-state index in [2.05, 4.69) is 35.7 Å². The Hall–Kier alpha value is -2.09. The minimum Gasteiger partial charge on any atom is -0.278 e. The Labute approximate surface area is 114 Å². The van der Waals surface area contributed by atoms with Crippen molar-refractivity contribution in [2.24, 2.45) is 5.10 Å². The molecule has 0 aliphatic heterocycles. The molecule has 19 heavy (non-hydrogen) atoms. The number of nitrogens with one attached hydrogen (secondary N) is 1. The van der Waals surface area contributed by atoms with Gasteiger partial charge in [0.15, 0.2) is 0 Å². The SMILES string of the molecule is Cc1ccc2c(c1)CCC/C2=N\Nc1ccccc1. The summed E-state index contributed by atoms with van der Waals surface area (Å²) in [6, 6.07) is 16.8. The highest BCUT2D eigenvalue weighted by molar-refractivity contribution is 6.03. The normalized spacial score (nSPS) is 16.2. The zero-order valence-corrected chi connectivity index (χ0v) is 11.2. The third-order valence-corrected chi connectivity index (χ3v) is 3.53. The van der Waals surface area contributed by atoms with Crippen LogP contribution in [-0.4, -0.2) is 5.71 Å². The second-order valence-corrected chi connectivity index (χ2v) is 5.05. The van der Waals surface area contributed by atoms with Crippen LogP contribution in [0.25, 0.3) is 0 Å². The largest absolute Gasteiger partial charge is 0.278 e. The maximum Gasteiger partial charge on any atom is 0.0682 e. The van der Waals surface area contributed by atoms with Crippen molar-refractivity contribution in [2.75, 3.05) is 5.43 Å². The predicted molar refractivity (Wildman–Crippen MR) is 80.7 cm³/mol. The summed E-state index contributed by atoms with van der Waals surface area (Å²) in [6.07, 6.45) is 3.41. The molecule has 0 heterocycles. The van der Waals surface area contributed by atoms with Crippen molar-refractivity contribution in [3.63, 3.8) is 0 Å². The summed E-state index contributed by atoms with van der Waals surface area (Å²) >= 11 is 0. The van der Waals surface area contributed by atoms with E-state index in [0.717, 1.165) is 12.1 Å². The van der Waals surface area contributed by atoms with E-state index in [1.54, 1.807) is 0 Å². The number of hydrazone groups is 1. The molecule has 96 valence electrons. The van der Waals surface area contributed by atoms with Gasteiger partial charge in [0.1, 0.15) is 0 Å². The Balaban J connectivity index is 1.87. The predicted octanol–water partition coefficient (Wildman–Crippen LogP) is 4.15. The number of rotatable bonds is 2. The van der Waals surface area contributed by atoms with Crippen molar-refractivity contribution in [3.05, 3.63) is 65.2 Å². The monoisotopic (exact) mass is 250 g/mol. The van der Waals surface area contributed by atoms with Gasteiger partial charge in [0, 0.05) is 5.56 Å². The number of hydrogen-bond acceptors (Lipinski definition) is 2. The van der Waals surface area contributed by atoms with Crippen LogP contribution < -0.4 is 5.43 Å². The van der Waals surface area contributed by atoms with Gasteiger partial charge in [0.2, 0.25) is 0 Å². The summed E-state index contributed by atoms with van der Waals surface area (Å²) in [5.74, 6) is 0. The van der Waals surface area contributed by atoms with E-state index in [1.165, 1.54) is 35.2 Å². The van der Waals surface area contributed by atoms with Crippen LogP contribution >= 0.6 is 0 Å². The van der Waals surface area contributed by atoms with Crippen LogP contribution in [0.5, 0.6) is 0 Å². The summed E-state index contributed by atoms with van der Waals surface area (Å²) in [7, 11) is 0. The molecule has 0 unspecified atom stereocenters. The molecule has 0 radical (unpaired) electrons. The van der Waals surface area contributed by atoms with Gasteiger partial charge in [-0.15, -0.1) is 0 Å². The molecule has 0 aromatic heterocycles. The number of anilines is 1.